The second-order valence-electron chi connectivity index (χ2n) is 11.2. The number of benzene rings is 2. The highest BCUT2D eigenvalue weighted by Gasteiger charge is 2.41. The van der Waals surface area contributed by atoms with E-state index in [9.17, 15) is 9.59 Å². The number of amides is 2. The Hall–Kier alpha value is -3.16. The van der Waals surface area contributed by atoms with Crippen molar-refractivity contribution in [2.45, 2.75) is 69.9 Å². The molecule has 1 aliphatic heterocycles. The van der Waals surface area contributed by atoms with E-state index in [1.54, 1.807) is 0 Å². The second-order valence-corrected chi connectivity index (χ2v) is 11.2. The van der Waals surface area contributed by atoms with Crippen molar-refractivity contribution in [1.82, 2.24) is 20.5 Å². The van der Waals surface area contributed by atoms with Gasteiger partial charge in [0.05, 0.1) is 13.2 Å². The van der Waals surface area contributed by atoms with Gasteiger partial charge in [-0.15, -0.1) is 0 Å². The molecular formula is C32H42N4O3. The van der Waals surface area contributed by atoms with Crippen LogP contribution in [0.3, 0.4) is 0 Å². The molecule has 2 heterocycles. The van der Waals surface area contributed by atoms with Crippen LogP contribution in [0, 0.1) is 6.92 Å². The molecule has 1 aliphatic carbocycles. The number of carbonyl (C=O) groups excluding carboxylic acids is 2. The maximum absolute atomic E-state index is 12.7. The van der Waals surface area contributed by atoms with Gasteiger partial charge in [-0.3, -0.25) is 14.5 Å². The van der Waals surface area contributed by atoms with E-state index in [0.717, 1.165) is 70.3 Å². The van der Waals surface area contributed by atoms with E-state index in [-0.39, 0.29) is 36.2 Å². The first-order valence-corrected chi connectivity index (χ1v) is 14.5. The van der Waals surface area contributed by atoms with Gasteiger partial charge in [0.15, 0.2) is 0 Å². The maximum Gasteiger partial charge on any atom is 0.220 e. The molecule has 2 aromatic carbocycles. The van der Waals surface area contributed by atoms with Gasteiger partial charge in [0, 0.05) is 61.2 Å². The van der Waals surface area contributed by atoms with Crippen molar-refractivity contribution in [3.05, 3.63) is 71.4 Å². The average molecular weight is 531 g/mol. The van der Waals surface area contributed by atoms with E-state index in [0.29, 0.717) is 6.54 Å². The highest BCUT2D eigenvalue weighted by Crippen LogP contribution is 2.37. The predicted octanol–water partition coefficient (Wildman–Crippen LogP) is 4.29. The summed E-state index contributed by atoms with van der Waals surface area (Å²) in [5, 5.41) is 7.40. The molecule has 3 aromatic rings. The van der Waals surface area contributed by atoms with Gasteiger partial charge in [0.25, 0.3) is 0 Å². The van der Waals surface area contributed by atoms with Crippen LogP contribution in [-0.4, -0.2) is 66.1 Å². The molecule has 1 saturated heterocycles. The van der Waals surface area contributed by atoms with Crippen molar-refractivity contribution < 1.29 is 14.3 Å². The number of carbonyl (C=O) groups is 2. The molecule has 2 fully saturated rings. The molecule has 1 aromatic heterocycles. The summed E-state index contributed by atoms with van der Waals surface area (Å²) in [6, 6.07) is 17.2. The third-order valence-electron chi connectivity index (χ3n) is 8.64. The summed E-state index contributed by atoms with van der Waals surface area (Å²) in [7, 11) is 0. The van der Waals surface area contributed by atoms with E-state index in [1.807, 2.05) is 6.20 Å². The monoisotopic (exact) mass is 530 g/mol. The van der Waals surface area contributed by atoms with Gasteiger partial charge in [-0.25, -0.2) is 0 Å². The van der Waals surface area contributed by atoms with Crippen molar-refractivity contribution in [3.8, 4) is 0 Å². The number of morpholine rings is 1. The fraction of sp³-hybridized carbons (Fsp3) is 0.500. The zero-order chi connectivity index (χ0) is 27.1. The van der Waals surface area contributed by atoms with Gasteiger partial charge >= 0.3 is 0 Å². The highest BCUT2D eigenvalue weighted by molar-refractivity contribution is 5.86. The van der Waals surface area contributed by atoms with Gasteiger partial charge in [-0.2, -0.15) is 0 Å². The van der Waals surface area contributed by atoms with Crippen LogP contribution < -0.4 is 10.6 Å². The van der Waals surface area contributed by atoms with Crippen molar-refractivity contribution in [1.29, 1.82) is 0 Å². The second kappa shape index (κ2) is 12.8. The van der Waals surface area contributed by atoms with Gasteiger partial charge < -0.3 is 20.4 Å². The number of ether oxygens (including phenoxy) is 1. The lowest BCUT2D eigenvalue weighted by Crippen LogP contribution is -2.58. The van der Waals surface area contributed by atoms with E-state index >= 15 is 0 Å². The van der Waals surface area contributed by atoms with Crippen LogP contribution in [0.4, 0.5) is 0 Å². The van der Waals surface area contributed by atoms with E-state index < -0.39 is 0 Å². The van der Waals surface area contributed by atoms with Crippen molar-refractivity contribution in [3.63, 3.8) is 0 Å². The molecule has 0 radical (unpaired) electrons. The lowest BCUT2D eigenvalue weighted by molar-refractivity contribution is -0.127. The standard InChI is InChI=1S/C32H42N4O3/c1-24-6-5-9-28-26(23-34-31(24)28)14-17-33-29(37)10-11-30(38)35-27-12-15-32(16-13-27,36-18-20-39-21-19-36)22-25-7-3-2-4-8-25/h2-9,23,27,34H,10-22H2,1H3,(H,33,37)(H,35,38). The average Bonchev–Trinajstić information content (AvgIpc) is 3.38. The van der Waals surface area contributed by atoms with Crippen molar-refractivity contribution in [2.75, 3.05) is 32.8 Å². The summed E-state index contributed by atoms with van der Waals surface area (Å²) in [4.78, 5) is 31.1. The molecule has 7 heteroatoms. The smallest absolute Gasteiger partial charge is 0.220 e. The quantitative estimate of drug-likeness (QED) is 0.365. The zero-order valence-corrected chi connectivity index (χ0v) is 23.1. The lowest BCUT2D eigenvalue weighted by Gasteiger charge is -2.50. The molecule has 208 valence electrons. The fourth-order valence-electron chi connectivity index (χ4n) is 6.44. The van der Waals surface area contributed by atoms with Gasteiger partial charge in [-0.05, 0) is 62.1 Å². The summed E-state index contributed by atoms with van der Waals surface area (Å²) in [6.07, 6.45) is 8.31. The van der Waals surface area contributed by atoms with Crippen molar-refractivity contribution >= 4 is 22.7 Å². The van der Waals surface area contributed by atoms with Crippen LogP contribution in [0.2, 0.25) is 0 Å². The van der Waals surface area contributed by atoms with Gasteiger partial charge in [0.2, 0.25) is 11.8 Å². The largest absolute Gasteiger partial charge is 0.379 e. The molecule has 0 bridgehead atoms. The number of rotatable bonds is 10. The zero-order valence-electron chi connectivity index (χ0n) is 23.1. The van der Waals surface area contributed by atoms with E-state index in [1.165, 1.54) is 22.1 Å². The molecule has 0 atom stereocenters. The Morgan fingerprint density at radius 2 is 1.74 bits per heavy atom. The summed E-state index contributed by atoms with van der Waals surface area (Å²) in [6.45, 7) is 6.18. The molecule has 2 aliphatic rings. The topological polar surface area (TPSA) is 86.5 Å². The van der Waals surface area contributed by atoms with Crippen LogP contribution in [-0.2, 0) is 27.2 Å². The first kappa shape index (κ1) is 27.4. The number of nitrogens with one attached hydrogen (secondary N) is 3. The van der Waals surface area contributed by atoms with Crippen LogP contribution in [0.5, 0.6) is 0 Å². The third kappa shape index (κ3) is 6.89. The highest BCUT2D eigenvalue weighted by atomic mass is 16.5. The van der Waals surface area contributed by atoms with E-state index in [4.69, 9.17) is 4.74 Å². The molecule has 5 rings (SSSR count). The molecular weight excluding hydrogens is 488 g/mol. The first-order valence-electron chi connectivity index (χ1n) is 14.5. The summed E-state index contributed by atoms with van der Waals surface area (Å²) >= 11 is 0. The van der Waals surface area contributed by atoms with Gasteiger partial charge in [-0.1, -0.05) is 48.5 Å². The molecule has 2 amide bonds. The maximum atomic E-state index is 12.7. The lowest BCUT2D eigenvalue weighted by atomic mass is 9.74. The number of para-hydroxylation sites is 1. The predicted molar refractivity (Wildman–Crippen MR) is 155 cm³/mol. The number of fused-ring (bicyclic) bond motifs is 1. The Morgan fingerprint density at radius 3 is 2.51 bits per heavy atom. The minimum Gasteiger partial charge on any atom is -0.379 e. The fourth-order valence-corrected chi connectivity index (χ4v) is 6.44. The number of nitrogens with zero attached hydrogens (tertiary/aromatic N) is 1. The SMILES string of the molecule is Cc1cccc2c(CCNC(=O)CCC(=O)NC3CCC(Cc4ccccc4)(N4CCOCC4)CC3)c[nH]c12. The molecule has 1 saturated carbocycles. The number of aromatic nitrogens is 1. The third-order valence-corrected chi connectivity index (χ3v) is 8.64. The number of hydrogen-bond donors (Lipinski definition) is 3. The summed E-state index contributed by atoms with van der Waals surface area (Å²) in [5.74, 6) is -0.0943. The van der Waals surface area contributed by atoms with Crippen LogP contribution in [0.25, 0.3) is 10.9 Å². The van der Waals surface area contributed by atoms with Crippen LogP contribution in [0.15, 0.2) is 54.7 Å². The van der Waals surface area contributed by atoms with Crippen molar-refractivity contribution in [2.24, 2.45) is 0 Å². The molecule has 0 spiro atoms. The Balaban J connectivity index is 1.05. The van der Waals surface area contributed by atoms with E-state index in [2.05, 4.69) is 76.0 Å². The molecule has 39 heavy (non-hydrogen) atoms. The van der Waals surface area contributed by atoms with Crippen LogP contribution >= 0.6 is 0 Å². The molecule has 0 unspecified atom stereocenters. The Labute approximate surface area is 231 Å². The first-order chi connectivity index (χ1) is 19.0. The number of H-pyrrole nitrogens is 1. The summed E-state index contributed by atoms with van der Waals surface area (Å²) in [5.41, 5.74) is 5.06. The Bertz CT molecular complexity index is 1240. The number of aromatic amines is 1. The minimum absolute atomic E-state index is 0.0239. The molecule has 7 nitrogen and oxygen atoms in total. The Kier molecular flexibility index (Phi) is 8.99. The molecule has 3 N–H and O–H groups in total. The normalized spacial score (nSPS) is 22.0. The minimum atomic E-state index is -0.0704. The van der Waals surface area contributed by atoms with Gasteiger partial charge in [0.1, 0.15) is 0 Å². The van der Waals surface area contributed by atoms with Crippen LogP contribution in [0.1, 0.15) is 55.2 Å². The number of hydrogen-bond acceptors (Lipinski definition) is 4. The Morgan fingerprint density at radius 1 is 1.00 bits per heavy atom. The summed E-state index contributed by atoms with van der Waals surface area (Å²) < 4.78 is 5.64. The number of aryl methyl sites for hydroxylation is 1.